The Morgan fingerprint density at radius 2 is 1.76 bits per heavy atom. The molecule has 0 unspecified atom stereocenters. The molecule has 0 aliphatic heterocycles. The molecule has 1 heterocycles. The molecule has 25 heavy (non-hydrogen) atoms. The maximum Gasteiger partial charge on any atom is 0.229 e. The molecule has 0 amide bonds. The van der Waals surface area contributed by atoms with Gasteiger partial charge in [-0.05, 0) is 42.8 Å². The topological polar surface area (TPSA) is 49.8 Å². The summed E-state index contributed by atoms with van der Waals surface area (Å²) in [6.45, 7) is 2.48. The lowest BCUT2D eigenvalue weighted by molar-refractivity contribution is 0.628. The zero-order valence-electron chi connectivity index (χ0n) is 13.4. The van der Waals surface area contributed by atoms with Crippen molar-refractivity contribution in [1.82, 2.24) is 9.97 Å². The van der Waals surface area contributed by atoms with Crippen molar-refractivity contribution in [2.24, 2.45) is 0 Å². The Hall–Kier alpha value is -2.37. The third kappa shape index (κ3) is 4.81. The third-order valence-corrected chi connectivity index (χ3v) is 3.96. The van der Waals surface area contributed by atoms with Crippen molar-refractivity contribution in [2.75, 3.05) is 10.6 Å². The van der Waals surface area contributed by atoms with Crippen molar-refractivity contribution >= 4 is 40.7 Å². The van der Waals surface area contributed by atoms with E-state index in [9.17, 15) is 4.39 Å². The maximum atomic E-state index is 13.2. The molecule has 0 atom stereocenters. The van der Waals surface area contributed by atoms with Gasteiger partial charge >= 0.3 is 0 Å². The molecule has 0 aliphatic rings. The average molecular weight is 377 g/mol. The molecule has 0 fully saturated rings. The molecule has 0 saturated heterocycles. The number of hydrogen-bond donors (Lipinski definition) is 2. The van der Waals surface area contributed by atoms with Crippen LogP contribution in [0.4, 0.5) is 21.8 Å². The molecule has 0 spiro atoms. The van der Waals surface area contributed by atoms with Crippen LogP contribution in [0.25, 0.3) is 0 Å². The number of benzene rings is 2. The average Bonchev–Trinajstić information content (AvgIpc) is 2.57. The Bertz CT molecular complexity index is 885. The highest BCUT2D eigenvalue weighted by Gasteiger charge is 2.05. The van der Waals surface area contributed by atoms with E-state index in [0.717, 1.165) is 11.3 Å². The van der Waals surface area contributed by atoms with Gasteiger partial charge in [0.1, 0.15) is 11.6 Å². The molecule has 7 heteroatoms. The van der Waals surface area contributed by atoms with Gasteiger partial charge in [0.25, 0.3) is 0 Å². The molecule has 3 aromatic rings. The Balaban J connectivity index is 1.73. The standard InChI is InChI=1S/C18H15Cl2FN4/c1-11-8-17(22-10-12-2-4-13(19)5-3-12)25-18(23-11)24-14-6-7-16(21)15(20)9-14/h2-9H,10H2,1H3,(H2,22,23,24,25). The van der Waals surface area contributed by atoms with Gasteiger partial charge in [0.05, 0.1) is 5.02 Å². The lowest BCUT2D eigenvalue weighted by Crippen LogP contribution is -2.05. The predicted octanol–water partition coefficient (Wildman–Crippen LogP) is 5.59. The smallest absolute Gasteiger partial charge is 0.229 e. The molecular weight excluding hydrogens is 362 g/mol. The van der Waals surface area contributed by atoms with Crippen molar-refractivity contribution in [3.8, 4) is 0 Å². The largest absolute Gasteiger partial charge is 0.366 e. The van der Waals surface area contributed by atoms with Gasteiger partial charge in [0.2, 0.25) is 5.95 Å². The van der Waals surface area contributed by atoms with Crippen LogP contribution < -0.4 is 10.6 Å². The van der Waals surface area contributed by atoms with Crippen LogP contribution in [0.15, 0.2) is 48.5 Å². The first-order valence-corrected chi connectivity index (χ1v) is 8.31. The molecule has 3 rings (SSSR count). The molecule has 1 aromatic heterocycles. The monoisotopic (exact) mass is 376 g/mol. The zero-order chi connectivity index (χ0) is 17.8. The lowest BCUT2D eigenvalue weighted by atomic mass is 10.2. The summed E-state index contributed by atoms with van der Waals surface area (Å²) in [5.74, 6) is 0.613. The summed E-state index contributed by atoms with van der Waals surface area (Å²) < 4.78 is 13.2. The van der Waals surface area contributed by atoms with E-state index in [1.165, 1.54) is 12.1 Å². The summed E-state index contributed by atoms with van der Waals surface area (Å²) in [5.41, 5.74) is 2.49. The highest BCUT2D eigenvalue weighted by atomic mass is 35.5. The second-order valence-corrected chi connectivity index (χ2v) is 6.30. The Kier molecular flexibility index (Phi) is 5.36. The van der Waals surface area contributed by atoms with Crippen LogP contribution in [0.2, 0.25) is 10.0 Å². The molecule has 2 aromatic carbocycles. The van der Waals surface area contributed by atoms with Gasteiger partial charge < -0.3 is 10.6 Å². The first kappa shape index (κ1) is 17.5. The van der Waals surface area contributed by atoms with E-state index in [1.54, 1.807) is 6.07 Å². The van der Waals surface area contributed by atoms with E-state index >= 15 is 0 Å². The second kappa shape index (κ2) is 7.68. The van der Waals surface area contributed by atoms with Gasteiger partial charge in [-0.15, -0.1) is 0 Å². The number of nitrogens with one attached hydrogen (secondary N) is 2. The summed E-state index contributed by atoms with van der Waals surface area (Å²) >= 11 is 11.7. The van der Waals surface area contributed by atoms with Crippen LogP contribution in [-0.4, -0.2) is 9.97 Å². The van der Waals surface area contributed by atoms with E-state index in [2.05, 4.69) is 20.6 Å². The fourth-order valence-electron chi connectivity index (χ4n) is 2.21. The minimum atomic E-state index is -0.470. The van der Waals surface area contributed by atoms with E-state index in [0.29, 0.717) is 29.0 Å². The molecule has 128 valence electrons. The molecule has 0 radical (unpaired) electrons. The summed E-state index contributed by atoms with van der Waals surface area (Å²) in [6.07, 6.45) is 0. The highest BCUT2D eigenvalue weighted by Crippen LogP contribution is 2.22. The normalized spacial score (nSPS) is 10.6. The van der Waals surface area contributed by atoms with E-state index in [1.807, 2.05) is 37.3 Å². The van der Waals surface area contributed by atoms with Crippen LogP contribution in [-0.2, 0) is 6.54 Å². The summed E-state index contributed by atoms with van der Waals surface area (Å²) in [6, 6.07) is 13.8. The summed E-state index contributed by atoms with van der Waals surface area (Å²) in [4.78, 5) is 8.75. The van der Waals surface area contributed by atoms with E-state index in [-0.39, 0.29) is 5.02 Å². The SMILES string of the molecule is Cc1cc(NCc2ccc(Cl)cc2)nc(Nc2ccc(F)c(Cl)c2)n1. The van der Waals surface area contributed by atoms with Gasteiger partial charge in [-0.1, -0.05) is 35.3 Å². The van der Waals surface area contributed by atoms with E-state index in [4.69, 9.17) is 23.2 Å². The maximum absolute atomic E-state index is 13.2. The molecule has 0 bridgehead atoms. The van der Waals surface area contributed by atoms with Crippen LogP contribution in [0, 0.1) is 12.7 Å². The first-order valence-electron chi connectivity index (χ1n) is 7.56. The number of halogens is 3. The Morgan fingerprint density at radius 3 is 2.48 bits per heavy atom. The molecule has 0 aliphatic carbocycles. The van der Waals surface area contributed by atoms with Gasteiger partial charge in [-0.2, -0.15) is 4.98 Å². The van der Waals surface area contributed by atoms with Crippen LogP contribution in [0.1, 0.15) is 11.3 Å². The molecule has 4 nitrogen and oxygen atoms in total. The van der Waals surface area contributed by atoms with Crippen LogP contribution >= 0.6 is 23.2 Å². The molecular formula is C18H15Cl2FN4. The van der Waals surface area contributed by atoms with Gasteiger partial charge in [-0.3, -0.25) is 0 Å². The third-order valence-electron chi connectivity index (χ3n) is 3.42. The zero-order valence-corrected chi connectivity index (χ0v) is 14.9. The van der Waals surface area contributed by atoms with Crippen molar-refractivity contribution < 1.29 is 4.39 Å². The van der Waals surface area contributed by atoms with Crippen molar-refractivity contribution in [2.45, 2.75) is 13.5 Å². The fourth-order valence-corrected chi connectivity index (χ4v) is 2.52. The van der Waals surface area contributed by atoms with Crippen LogP contribution in [0.3, 0.4) is 0 Å². The van der Waals surface area contributed by atoms with Gasteiger partial charge in [0, 0.05) is 29.0 Å². The lowest BCUT2D eigenvalue weighted by Gasteiger charge is -2.10. The quantitative estimate of drug-likeness (QED) is 0.609. The second-order valence-electron chi connectivity index (χ2n) is 5.45. The minimum absolute atomic E-state index is 0.0405. The van der Waals surface area contributed by atoms with Crippen LogP contribution in [0.5, 0.6) is 0 Å². The number of aromatic nitrogens is 2. The number of rotatable bonds is 5. The highest BCUT2D eigenvalue weighted by molar-refractivity contribution is 6.31. The van der Waals surface area contributed by atoms with Crippen molar-refractivity contribution in [1.29, 1.82) is 0 Å². The Morgan fingerprint density at radius 1 is 1.00 bits per heavy atom. The number of anilines is 3. The van der Waals surface area contributed by atoms with Crippen molar-refractivity contribution in [3.05, 3.63) is 75.7 Å². The molecule has 2 N–H and O–H groups in total. The number of aryl methyl sites for hydroxylation is 1. The molecule has 0 saturated carbocycles. The fraction of sp³-hybridized carbons (Fsp3) is 0.111. The Labute approximate surface area is 155 Å². The predicted molar refractivity (Wildman–Crippen MR) is 100 cm³/mol. The first-order chi connectivity index (χ1) is 12.0. The van der Waals surface area contributed by atoms with E-state index < -0.39 is 5.82 Å². The van der Waals surface area contributed by atoms with Gasteiger partial charge in [-0.25, -0.2) is 9.37 Å². The van der Waals surface area contributed by atoms with Crippen molar-refractivity contribution in [3.63, 3.8) is 0 Å². The summed E-state index contributed by atoms with van der Waals surface area (Å²) in [7, 11) is 0. The number of hydrogen-bond acceptors (Lipinski definition) is 4. The van der Waals surface area contributed by atoms with Gasteiger partial charge in [0.15, 0.2) is 0 Å². The summed E-state index contributed by atoms with van der Waals surface area (Å²) in [5, 5.41) is 7.02. The minimum Gasteiger partial charge on any atom is -0.366 e. The number of nitrogens with zero attached hydrogens (tertiary/aromatic N) is 2.